The van der Waals surface area contributed by atoms with Crippen molar-refractivity contribution in [1.29, 1.82) is 0 Å². The Morgan fingerprint density at radius 3 is 2.56 bits per heavy atom. The third-order valence-corrected chi connectivity index (χ3v) is 2.20. The first-order chi connectivity index (χ1) is 8.52. The third kappa shape index (κ3) is 2.95. The number of benzene rings is 1. The molecule has 0 spiro atoms. The van der Waals surface area contributed by atoms with Gasteiger partial charge in [-0.3, -0.25) is 0 Å². The molecule has 18 heavy (non-hydrogen) atoms. The fourth-order valence-electron chi connectivity index (χ4n) is 1.45. The minimum atomic E-state index is -1.53. The zero-order valence-corrected chi connectivity index (χ0v) is 10.1. The smallest absolute Gasteiger partial charge is 0.340 e. The molecule has 1 atom stereocenters. The topological polar surface area (TPSA) is 55.8 Å². The normalized spacial score (nSPS) is 12.2. The molecule has 0 heterocycles. The van der Waals surface area contributed by atoms with Crippen molar-refractivity contribution in [2.24, 2.45) is 0 Å². The van der Waals surface area contributed by atoms with Crippen molar-refractivity contribution >= 4 is 5.97 Å². The molecule has 0 aliphatic heterocycles. The molecule has 6 heteroatoms. The van der Waals surface area contributed by atoms with Crippen LogP contribution in [0.3, 0.4) is 0 Å². The highest BCUT2D eigenvalue weighted by Gasteiger charge is 2.30. The van der Waals surface area contributed by atoms with E-state index >= 15 is 0 Å². The van der Waals surface area contributed by atoms with Crippen LogP contribution in [0.1, 0.15) is 25.5 Å². The lowest BCUT2D eigenvalue weighted by Crippen LogP contribution is -2.21. The lowest BCUT2D eigenvalue weighted by molar-refractivity contribution is -0.157. The van der Waals surface area contributed by atoms with Crippen LogP contribution in [0.15, 0.2) is 12.1 Å². The van der Waals surface area contributed by atoms with Crippen LogP contribution in [0.2, 0.25) is 0 Å². The second-order valence-corrected chi connectivity index (χ2v) is 3.38. The van der Waals surface area contributed by atoms with Gasteiger partial charge < -0.3 is 14.6 Å². The lowest BCUT2D eigenvalue weighted by atomic mass is 10.1. The largest absolute Gasteiger partial charge is 0.505 e. The van der Waals surface area contributed by atoms with Gasteiger partial charge in [0.25, 0.3) is 0 Å². The highest BCUT2D eigenvalue weighted by Crippen LogP contribution is 2.30. The zero-order chi connectivity index (χ0) is 13.7. The maximum Gasteiger partial charge on any atom is 0.340 e. The molecule has 4 nitrogen and oxygen atoms in total. The van der Waals surface area contributed by atoms with Crippen molar-refractivity contribution in [3.8, 4) is 5.75 Å². The van der Waals surface area contributed by atoms with Crippen molar-refractivity contribution < 1.29 is 28.2 Å². The number of phenolic OH excluding ortho intramolecular Hbond substituents is 1. The molecule has 0 fully saturated rings. The van der Waals surface area contributed by atoms with Crippen LogP contribution in [-0.2, 0) is 14.3 Å². The maximum atomic E-state index is 13.7. The van der Waals surface area contributed by atoms with E-state index in [1.54, 1.807) is 13.8 Å². The maximum absolute atomic E-state index is 13.7. The predicted molar refractivity (Wildman–Crippen MR) is 59.0 cm³/mol. The van der Waals surface area contributed by atoms with E-state index in [4.69, 9.17) is 4.74 Å². The van der Waals surface area contributed by atoms with E-state index < -0.39 is 35.0 Å². The number of ether oxygens (including phenoxy) is 2. The van der Waals surface area contributed by atoms with Gasteiger partial charge in [-0.2, -0.15) is 0 Å². The molecule has 1 aromatic carbocycles. The summed E-state index contributed by atoms with van der Waals surface area (Å²) in [6.45, 7) is 3.27. The number of halogens is 2. The van der Waals surface area contributed by atoms with E-state index in [0.717, 1.165) is 12.1 Å². The van der Waals surface area contributed by atoms with Crippen LogP contribution in [0, 0.1) is 11.6 Å². The molecular formula is C12H14F2O4. The minimum absolute atomic E-state index is 0.0600. The second kappa shape index (κ2) is 6.30. The number of carbonyl (C=O) groups excluding carboxylic acids is 1. The third-order valence-electron chi connectivity index (χ3n) is 2.20. The summed E-state index contributed by atoms with van der Waals surface area (Å²) in [7, 11) is 0. The van der Waals surface area contributed by atoms with Crippen LogP contribution in [0.25, 0.3) is 0 Å². The van der Waals surface area contributed by atoms with Crippen molar-refractivity contribution in [1.82, 2.24) is 0 Å². The quantitative estimate of drug-likeness (QED) is 0.825. The molecule has 0 aliphatic carbocycles. The first kappa shape index (κ1) is 14.4. The average molecular weight is 260 g/mol. The van der Waals surface area contributed by atoms with E-state index in [1.807, 2.05) is 0 Å². The Morgan fingerprint density at radius 1 is 1.33 bits per heavy atom. The molecule has 0 amide bonds. The molecule has 1 N–H and O–H groups in total. The lowest BCUT2D eigenvalue weighted by Gasteiger charge is -2.17. The highest BCUT2D eigenvalue weighted by molar-refractivity contribution is 5.77. The molecule has 1 aromatic rings. The molecule has 0 saturated heterocycles. The molecule has 100 valence electrons. The summed E-state index contributed by atoms with van der Waals surface area (Å²) in [6.07, 6.45) is -1.53. The van der Waals surface area contributed by atoms with Gasteiger partial charge in [-0.1, -0.05) is 0 Å². The summed E-state index contributed by atoms with van der Waals surface area (Å²) in [5, 5.41) is 9.20. The summed E-state index contributed by atoms with van der Waals surface area (Å²) < 4.78 is 36.9. The Hall–Kier alpha value is -1.69. The Bertz CT molecular complexity index is 434. The molecule has 0 aromatic heterocycles. The molecule has 0 radical (unpaired) electrons. The Labute approximate surface area is 103 Å². The van der Waals surface area contributed by atoms with Gasteiger partial charge in [0.05, 0.1) is 12.2 Å². The summed E-state index contributed by atoms with van der Waals surface area (Å²) in [6, 6.07) is 1.72. The summed E-state index contributed by atoms with van der Waals surface area (Å²) in [4.78, 5) is 11.6. The van der Waals surface area contributed by atoms with Gasteiger partial charge in [0.2, 0.25) is 0 Å². The van der Waals surface area contributed by atoms with Gasteiger partial charge in [0.15, 0.2) is 17.7 Å². The first-order valence-electron chi connectivity index (χ1n) is 5.48. The predicted octanol–water partition coefficient (Wildman–Crippen LogP) is 2.31. The number of carbonyl (C=O) groups is 1. The molecule has 1 unspecified atom stereocenters. The van der Waals surface area contributed by atoms with E-state index in [2.05, 4.69) is 4.74 Å². The van der Waals surface area contributed by atoms with E-state index in [9.17, 15) is 18.7 Å². The summed E-state index contributed by atoms with van der Waals surface area (Å²) in [5.74, 6) is -3.85. The fraction of sp³-hybridized carbons (Fsp3) is 0.417. The number of aromatic hydroxyl groups is 1. The van der Waals surface area contributed by atoms with Crippen LogP contribution < -0.4 is 0 Å². The Kier molecular flexibility index (Phi) is 5.03. The first-order valence-corrected chi connectivity index (χ1v) is 5.48. The minimum Gasteiger partial charge on any atom is -0.505 e. The molecular weight excluding hydrogens is 246 g/mol. The van der Waals surface area contributed by atoms with Crippen molar-refractivity contribution in [3.05, 3.63) is 29.3 Å². The van der Waals surface area contributed by atoms with E-state index in [1.165, 1.54) is 0 Å². The van der Waals surface area contributed by atoms with Crippen molar-refractivity contribution in [2.45, 2.75) is 20.0 Å². The zero-order valence-electron chi connectivity index (χ0n) is 10.1. The van der Waals surface area contributed by atoms with Crippen LogP contribution in [-0.4, -0.2) is 24.3 Å². The van der Waals surface area contributed by atoms with Crippen LogP contribution in [0.5, 0.6) is 5.75 Å². The summed E-state index contributed by atoms with van der Waals surface area (Å²) >= 11 is 0. The number of hydrogen-bond acceptors (Lipinski definition) is 4. The molecule has 0 aliphatic rings. The Morgan fingerprint density at radius 2 is 2.00 bits per heavy atom. The van der Waals surface area contributed by atoms with Crippen molar-refractivity contribution in [3.63, 3.8) is 0 Å². The standard InChI is InChI=1S/C12H14F2O4/c1-3-17-11(12(16)18-4-2)9-7(13)5-6-8(15)10(9)14/h5-6,11,15H,3-4H2,1-2H3. The van der Waals surface area contributed by atoms with E-state index in [-0.39, 0.29) is 13.2 Å². The van der Waals surface area contributed by atoms with Gasteiger partial charge in [-0.25, -0.2) is 13.6 Å². The SMILES string of the molecule is CCOC(=O)C(OCC)c1c(F)ccc(O)c1F. The number of rotatable bonds is 5. The Balaban J connectivity index is 3.20. The highest BCUT2D eigenvalue weighted by atomic mass is 19.1. The second-order valence-electron chi connectivity index (χ2n) is 3.38. The molecule has 1 rings (SSSR count). The summed E-state index contributed by atoms with van der Waals surface area (Å²) in [5.41, 5.74) is -0.643. The number of phenols is 1. The number of hydrogen-bond donors (Lipinski definition) is 1. The van der Waals surface area contributed by atoms with Crippen LogP contribution in [0.4, 0.5) is 8.78 Å². The van der Waals surface area contributed by atoms with Gasteiger partial charge in [-0.05, 0) is 26.0 Å². The van der Waals surface area contributed by atoms with Crippen molar-refractivity contribution in [2.75, 3.05) is 13.2 Å². The average Bonchev–Trinajstić information content (AvgIpc) is 2.33. The van der Waals surface area contributed by atoms with Crippen LogP contribution >= 0.6 is 0 Å². The molecule has 0 bridgehead atoms. The molecule has 0 saturated carbocycles. The number of esters is 1. The fourth-order valence-corrected chi connectivity index (χ4v) is 1.45. The monoisotopic (exact) mass is 260 g/mol. The van der Waals surface area contributed by atoms with E-state index in [0.29, 0.717) is 0 Å². The van der Waals surface area contributed by atoms with Gasteiger partial charge in [0.1, 0.15) is 5.82 Å². The van der Waals surface area contributed by atoms with Gasteiger partial charge >= 0.3 is 5.97 Å². The van der Waals surface area contributed by atoms with Gasteiger partial charge in [-0.15, -0.1) is 0 Å². The van der Waals surface area contributed by atoms with Gasteiger partial charge in [0, 0.05) is 6.61 Å².